The SMILES string of the molecule is OCC(O)CSCC(O)COc1ccccc1. The first-order valence-electron chi connectivity index (χ1n) is 5.45. The number of hydrogen-bond acceptors (Lipinski definition) is 5. The van der Waals surface area contributed by atoms with E-state index in [4.69, 9.17) is 14.9 Å². The van der Waals surface area contributed by atoms with E-state index in [0.29, 0.717) is 11.5 Å². The molecule has 0 bridgehead atoms. The molecule has 0 saturated heterocycles. The van der Waals surface area contributed by atoms with E-state index in [1.807, 2.05) is 30.3 Å². The van der Waals surface area contributed by atoms with Crippen molar-refractivity contribution in [1.29, 1.82) is 0 Å². The molecular weight excluding hydrogens is 240 g/mol. The van der Waals surface area contributed by atoms with Crippen molar-refractivity contribution in [2.75, 3.05) is 24.7 Å². The highest BCUT2D eigenvalue weighted by molar-refractivity contribution is 7.99. The highest BCUT2D eigenvalue weighted by Crippen LogP contribution is 2.10. The molecule has 0 aliphatic heterocycles. The van der Waals surface area contributed by atoms with Gasteiger partial charge in [-0.05, 0) is 12.1 Å². The van der Waals surface area contributed by atoms with Crippen molar-refractivity contribution in [2.24, 2.45) is 0 Å². The molecule has 1 aromatic rings. The summed E-state index contributed by atoms with van der Waals surface area (Å²) in [5.74, 6) is 1.62. The molecule has 5 heteroatoms. The van der Waals surface area contributed by atoms with E-state index in [1.54, 1.807) is 0 Å². The fourth-order valence-corrected chi connectivity index (χ4v) is 2.03. The zero-order valence-electron chi connectivity index (χ0n) is 9.53. The minimum absolute atomic E-state index is 0.228. The second-order valence-electron chi connectivity index (χ2n) is 3.65. The third kappa shape index (κ3) is 6.53. The smallest absolute Gasteiger partial charge is 0.119 e. The van der Waals surface area contributed by atoms with Crippen LogP contribution in [0, 0.1) is 0 Å². The van der Waals surface area contributed by atoms with Gasteiger partial charge in [-0.15, -0.1) is 0 Å². The predicted molar refractivity (Wildman–Crippen MR) is 68.4 cm³/mol. The van der Waals surface area contributed by atoms with Crippen LogP contribution in [0.4, 0.5) is 0 Å². The lowest BCUT2D eigenvalue weighted by molar-refractivity contribution is 0.112. The van der Waals surface area contributed by atoms with Gasteiger partial charge in [-0.25, -0.2) is 0 Å². The fraction of sp³-hybridized carbons (Fsp3) is 0.500. The topological polar surface area (TPSA) is 69.9 Å². The van der Waals surface area contributed by atoms with Crippen LogP contribution in [0.2, 0.25) is 0 Å². The van der Waals surface area contributed by atoms with E-state index < -0.39 is 12.2 Å². The summed E-state index contributed by atoms with van der Waals surface area (Å²) in [7, 11) is 0. The lowest BCUT2D eigenvalue weighted by Crippen LogP contribution is -2.22. The van der Waals surface area contributed by atoms with Crippen molar-refractivity contribution in [1.82, 2.24) is 0 Å². The summed E-state index contributed by atoms with van der Waals surface area (Å²) in [6.45, 7) is -0.0180. The first kappa shape index (κ1) is 14.3. The molecule has 0 aromatic heterocycles. The fourth-order valence-electron chi connectivity index (χ4n) is 1.15. The molecule has 0 heterocycles. The Kier molecular flexibility index (Phi) is 7.04. The van der Waals surface area contributed by atoms with Crippen LogP contribution >= 0.6 is 11.8 Å². The molecule has 1 rings (SSSR count). The Balaban J connectivity index is 2.11. The molecule has 0 fully saturated rings. The van der Waals surface area contributed by atoms with Gasteiger partial charge in [0.05, 0.1) is 18.8 Å². The number of aliphatic hydroxyl groups is 3. The van der Waals surface area contributed by atoms with Gasteiger partial charge in [0.15, 0.2) is 0 Å². The van der Waals surface area contributed by atoms with Crippen molar-refractivity contribution in [2.45, 2.75) is 12.2 Å². The second-order valence-corrected chi connectivity index (χ2v) is 4.73. The maximum Gasteiger partial charge on any atom is 0.119 e. The maximum absolute atomic E-state index is 9.61. The van der Waals surface area contributed by atoms with Crippen LogP contribution in [0.1, 0.15) is 0 Å². The van der Waals surface area contributed by atoms with Crippen LogP contribution in [0.15, 0.2) is 30.3 Å². The number of ether oxygens (including phenoxy) is 1. The monoisotopic (exact) mass is 258 g/mol. The van der Waals surface area contributed by atoms with Gasteiger partial charge in [0.1, 0.15) is 12.4 Å². The van der Waals surface area contributed by atoms with E-state index in [0.717, 1.165) is 5.75 Å². The number of thioether (sulfide) groups is 1. The molecule has 0 radical (unpaired) electrons. The summed E-state index contributed by atoms with van der Waals surface area (Å²) in [4.78, 5) is 0. The van der Waals surface area contributed by atoms with Crippen molar-refractivity contribution in [3.8, 4) is 5.75 Å². The van der Waals surface area contributed by atoms with Gasteiger partial charge in [0, 0.05) is 11.5 Å². The lowest BCUT2D eigenvalue weighted by atomic mass is 10.3. The molecular formula is C12H18O4S. The molecule has 0 aliphatic carbocycles. The van der Waals surface area contributed by atoms with Gasteiger partial charge >= 0.3 is 0 Å². The van der Waals surface area contributed by atoms with Gasteiger partial charge in [0.25, 0.3) is 0 Å². The van der Waals surface area contributed by atoms with Crippen molar-refractivity contribution < 1.29 is 20.1 Å². The summed E-state index contributed by atoms with van der Waals surface area (Å²) in [5, 5.41) is 27.3. The number of hydrogen-bond donors (Lipinski definition) is 3. The summed E-state index contributed by atoms with van der Waals surface area (Å²) in [6, 6.07) is 9.29. The Morgan fingerprint density at radius 1 is 1.06 bits per heavy atom. The molecule has 0 amide bonds. The summed E-state index contributed by atoms with van der Waals surface area (Å²) >= 11 is 1.39. The number of aliphatic hydroxyl groups excluding tert-OH is 3. The predicted octanol–water partition coefficient (Wildman–Crippen LogP) is 0.513. The minimum Gasteiger partial charge on any atom is -0.491 e. The number of benzene rings is 1. The van der Waals surface area contributed by atoms with Gasteiger partial charge in [-0.1, -0.05) is 18.2 Å². The molecule has 2 unspecified atom stereocenters. The maximum atomic E-state index is 9.61. The zero-order chi connectivity index (χ0) is 12.5. The van der Waals surface area contributed by atoms with E-state index in [1.165, 1.54) is 11.8 Å². The van der Waals surface area contributed by atoms with Gasteiger partial charge in [-0.3, -0.25) is 0 Å². The van der Waals surface area contributed by atoms with Crippen LogP contribution < -0.4 is 4.74 Å². The molecule has 0 saturated carbocycles. The highest BCUT2D eigenvalue weighted by atomic mass is 32.2. The van der Waals surface area contributed by atoms with Gasteiger partial charge in [-0.2, -0.15) is 11.8 Å². The average molecular weight is 258 g/mol. The lowest BCUT2D eigenvalue weighted by Gasteiger charge is -2.13. The normalized spacial score (nSPS) is 14.3. The Labute approximate surface area is 105 Å². The standard InChI is InChI=1S/C12H18O4S/c13-6-10(14)8-17-9-11(15)7-16-12-4-2-1-3-5-12/h1-5,10-11,13-15H,6-9H2. The Morgan fingerprint density at radius 3 is 2.35 bits per heavy atom. The van der Waals surface area contributed by atoms with Crippen molar-refractivity contribution in [3.05, 3.63) is 30.3 Å². The van der Waals surface area contributed by atoms with E-state index in [-0.39, 0.29) is 13.2 Å². The van der Waals surface area contributed by atoms with E-state index >= 15 is 0 Å². The summed E-state index contributed by atoms with van der Waals surface area (Å²) in [6.07, 6.45) is -1.30. The first-order valence-corrected chi connectivity index (χ1v) is 6.60. The highest BCUT2D eigenvalue weighted by Gasteiger charge is 2.08. The average Bonchev–Trinajstić information content (AvgIpc) is 2.37. The third-order valence-electron chi connectivity index (χ3n) is 2.02. The van der Waals surface area contributed by atoms with E-state index in [2.05, 4.69) is 0 Å². The molecule has 17 heavy (non-hydrogen) atoms. The van der Waals surface area contributed by atoms with Gasteiger partial charge in [0.2, 0.25) is 0 Å². The number of rotatable bonds is 8. The van der Waals surface area contributed by atoms with Crippen LogP contribution in [0.3, 0.4) is 0 Å². The molecule has 1 aromatic carbocycles. The van der Waals surface area contributed by atoms with Gasteiger partial charge < -0.3 is 20.1 Å². The minimum atomic E-state index is -0.720. The first-order chi connectivity index (χ1) is 8.22. The largest absolute Gasteiger partial charge is 0.491 e. The van der Waals surface area contributed by atoms with Crippen LogP contribution in [-0.4, -0.2) is 52.2 Å². The Morgan fingerprint density at radius 2 is 1.71 bits per heavy atom. The van der Waals surface area contributed by atoms with Crippen LogP contribution in [0.25, 0.3) is 0 Å². The molecule has 2 atom stereocenters. The summed E-state index contributed by atoms with van der Waals surface area (Å²) in [5.41, 5.74) is 0. The quantitative estimate of drug-likeness (QED) is 0.634. The number of para-hydroxylation sites is 1. The van der Waals surface area contributed by atoms with Crippen molar-refractivity contribution in [3.63, 3.8) is 0 Å². The molecule has 0 spiro atoms. The van der Waals surface area contributed by atoms with Crippen molar-refractivity contribution >= 4 is 11.8 Å². The molecule has 3 N–H and O–H groups in total. The molecule has 0 aliphatic rings. The molecule has 96 valence electrons. The summed E-state index contributed by atoms with van der Waals surface area (Å²) < 4.78 is 5.38. The Hall–Kier alpha value is -0.750. The zero-order valence-corrected chi connectivity index (χ0v) is 10.3. The second kappa shape index (κ2) is 8.36. The van der Waals surface area contributed by atoms with Crippen LogP contribution in [0.5, 0.6) is 5.75 Å². The Bertz CT molecular complexity index is 294. The third-order valence-corrected chi connectivity index (χ3v) is 3.26. The molecule has 4 nitrogen and oxygen atoms in total. The van der Waals surface area contributed by atoms with E-state index in [9.17, 15) is 5.11 Å². The van der Waals surface area contributed by atoms with Crippen LogP contribution in [-0.2, 0) is 0 Å².